The van der Waals surface area contributed by atoms with Gasteiger partial charge in [-0.3, -0.25) is 27.3 Å². The number of aromatic hydroxyl groups is 1. The molecule has 0 unspecified atom stereocenters. The first kappa shape index (κ1) is 57.5. The van der Waals surface area contributed by atoms with Crippen molar-refractivity contribution in [2.45, 2.75) is 30.2 Å². The molecule has 0 aliphatic rings. The van der Waals surface area contributed by atoms with Crippen LogP contribution >= 0.6 is 23.2 Å². The Balaban J connectivity index is 1.23. The van der Waals surface area contributed by atoms with Crippen LogP contribution in [0.4, 0.5) is 52.2 Å². The van der Waals surface area contributed by atoms with Crippen molar-refractivity contribution < 1.29 is 82.9 Å². The lowest BCUT2D eigenvalue weighted by Crippen LogP contribution is -2.09. The summed E-state index contributed by atoms with van der Waals surface area (Å²) in [6.45, 7) is -0.626. The van der Waals surface area contributed by atoms with Gasteiger partial charge in [-0.15, -0.1) is 0 Å². The zero-order valence-corrected chi connectivity index (χ0v) is 43.8. The minimum absolute atomic E-state index is 0.0473. The number of phenols is 1. The van der Waals surface area contributed by atoms with Crippen molar-refractivity contribution in [3.05, 3.63) is 107 Å². The van der Waals surface area contributed by atoms with E-state index in [0.29, 0.717) is 18.2 Å². The molecule has 31 nitrogen and oxygen atoms in total. The molecule has 0 aliphatic heterocycles. The summed E-state index contributed by atoms with van der Waals surface area (Å²) in [5, 5.41) is 27.4. The summed E-state index contributed by atoms with van der Waals surface area (Å²) in [6, 6.07) is 13.0. The molecule has 0 atom stereocenters. The third-order valence-corrected chi connectivity index (χ3v) is 15.1. The molecular weight excluding hydrogens is 1190 g/mol. The van der Waals surface area contributed by atoms with Crippen LogP contribution < -0.4 is 21.3 Å². The fourth-order valence-electron chi connectivity index (χ4n) is 6.74. The largest absolute Gasteiger partial charge is 0.505 e. The monoisotopic (exact) mass is 1220 g/mol. The SMILES string of the molecule is O=S(=O)(O)Cc1cccc(S(=O)(=O)O)c1/C=C\CN=Nc1c(S(=O)(=O)O)cc2cc(S(=O)(=O)O)cc(Nc3nc(Cl)nc(Nc4ccc(S(=O)(=O)O)c(Nc5nc(Cl)nc(Nc6cccc(S(=O)(=O)O)c6)n5)c4)n3)c2c1O. The van der Waals surface area contributed by atoms with Gasteiger partial charge in [0.05, 0.1) is 27.7 Å². The number of aromatic nitrogens is 6. The summed E-state index contributed by atoms with van der Waals surface area (Å²) < 4.78 is 205. The maximum atomic E-state index is 12.7. The van der Waals surface area contributed by atoms with Gasteiger partial charge in [0.15, 0.2) is 5.75 Å². The molecule has 0 fully saturated rings. The number of nitrogens with one attached hydrogen (secondary N) is 4. The first-order chi connectivity index (χ1) is 35.6. The van der Waals surface area contributed by atoms with Crippen LogP contribution in [0.1, 0.15) is 11.1 Å². The van der Waals surface area contributed by atoms with Gasteiger partial charge >= 0.3 is 0 Å². The Morgan fingerprint density at radius 3 is 1.60 bits per heavy atom. The molecule has 406 valence electrons. The normalized spacial score (nSPS) is 12.8. The van der Waals surface area contributed by atoms with Crippen LogP contribution in [-0.2, 0) is 66.5 Å². The molecule has 0 bridgehead atoms. The third kappa shape index (κ3) is 14.6. The van der Waals surface area contributed by atoms with Gasteiger partial charge in [0, 0.05) is 16.8 Å². The van der Waals surface area contributed by atoms with E-state index in [1.54, 1.807) is 0 Å². The van der Waals surface area contributed by atoms with Crippen LogP contribution in [0, 0.1) is 0 Å². The first-order valence-electron chi connectivity index (χ1n) is 20.1. The molecule has 7 aromatic rings. The Kier molecular flexibility index (Phi) is 16.2. The molecule has 0 aliphatic carbocycles. The van der Waals surface area contributed by atoms with Crippen molar-refractivity contribution in [1.29, 1.82) is 0 Å². The van der Waals surface area contributed by atoms with Crippen LogP contribution in [0.25, 0.3) is 16.8 Å². The summed E-state index contributed by atoms with van der Waals surface area (Å²) in [6.07, 6.45) is 2.00. The number of hydrogen-bond acceptors (Lipinski definition) is 25. The van der Waals surface area contributed by atoms with E-state index in [9.17, 15) is 82.9 Å². The molecule has 2 aromatic heterocycles. The van der Waals surface area contributed by atoms with Gasteiger partial charge in [-0.05, 0) is 100 Å². The molecule has 5 aromatic carbocycles. The van der Waals surface area contributed by atoms with Crippen LogP contribution in [0.15, 0.2) is 120 Å². The van der Waals surface area contributed by atoms with Crippen LogP contribution in [0.5, 0.6) is 5.75 Å². The van der Waals surface area contributed by atoms with Gasteiger partial charge in [-0.1, -0.05) is 30.4 Å². The number of azo groups is 1. The number of benzene rings is 5. The summed E-state index contributed by atoms with van der Waals surface area (Å²) >= 11 is 12.3. The fraction of sp³-hybridized carbons (Fsp3) is 0.0526. The van der Waals surface area contributed by atoms with Crippen LogP contribution in [0.3, 0.4) is 0 Å². The highest BCUT2D eigenvalue weighted by atomic mass is 35.5. The smallest absolute Gasteiger partial charge is 0.296 e. The Bertz CT molecular complexity index is 4350. The number of nitrogens with zero attached hydrogens (tertiary/aromatic N) is 8. The van der Waals surface area contributed by atoms with E-state index in [2.05, 4.69) is 61.4 Å². The molecule has 11 N–H and O–H groups in total. The molecule has 2 heterocycles. The van der Waals surface area contributed by atoms with Crippen LogP contribution in [0.2, 0.25) is 10.6 Å². The van der Waals surface area contributed by atoms with E-state index >= 15 is 0 Å². The Morgan fingerprint density at radius 2 is 1.05 bits per heavy atom. The number of hydrogen-bond donors (Lipinski definition) is 11. The van der Waals surface area contributed by atoms with E-state index < -0.39 is 165 Å². The molecular formula is C38H30Cl2N12O19S6. The molecule has 0 spiro atoms. The Morgan fingerprint density at radius 1 is 0.519 bits per heavy atom. The lowest BCUT2D eigenvalue weighted by Gasteiger charge is -2.15. The van der Waals surface area contributed by atoms with Crippen molar-refractivity contribution in [3.63, 3.8) is 0 Å². The minimum atomic E-state index is -5.38. The highest BCUT2D eigenvalue weighted by Crippen LogP contribution is 2.45. The van der Waals surface area contributed by atoms with E-state index in [4.69, 9.17) is 23.2 Å². The predicted octanol–water partition coefficient (Wildman–Crippen LogP) is 5.62. The fourth-order valence-corrected chi connectivity index (χ4v) is 10.8. The lowest BCUT2D eigenvalue weighted by molar-refractivity contribution is 0.472. The summed E-state index contributed by atoms with van der Waals surface area (Å²) in [5.41, 5.74) is -2.68. The Hall–Kier alpha value is -7.24. The molecule has 0 saturated carbocycles. The van der Waals surface area contributed by atoms with Gasteiger partial charge in [0.1, 0.15) is 26.1 Å². The van der Waals surface area contributed by atoms with Crippen molar-refractivity contribution in [3.8, 4) is 5.75 Å². The van der Waals surface area contributed by atoms with E-state index in [1.807, 2.05) is 0 Å². The topological polar surface area (TPSA) is 497 Å². The maximum absolute atomic E-state index is 12.7. The second-order valence-corrected chi connectivity index (χ2v) is 24.3. The van der Waals surface area contributed by atoms with E-state index in [0.717, 1.165) is 60.7 Å². The molecule has 77 heavy (non-hydrogen) atoms. The quantitative estimate of drug-likeness (QED) is 0.0346. The van der Waals surface area contributed by atoms with Gasteiger partial charge in [0.2, 0.25) is 34.4 Å². The number of fused-ring (bicyclic) bond motifs is 1. The summed E-state index contributed by atoms with van der Waals surface area (Å²) in [5.74, 6) is -4.04. The molecule has 0 radical (unpaired) electrons. The van der Waals surface area contributed by atoms with Crippen molar-refractivity contribution in [2.24, 2.45) is 10.2 Å². The zero-order chi connectivity index (χ0) is 56.6. The highest BCUT2D eigenvalue weighted by Gasteiger charge is 2.27. The standard InChI is InChI=1S/C38H30Cl2N12O19S6/c39-33-46-35(42-20-5-2-6-22(14-20)73(57,58)59)50-37(48-33)44-25-15-21(9-10-28(25)76(66,67)68)43-36-47-34(40)49-38(51-36)45-26-16-23(74(60,61)62)12-19-13-29(77(69,70)71)31(32(53)30(19)26)52-41-11-3-7-24-18(17-72(54,55)56)4-1-8-27(24)75(63,64)65/h1-10,12-16,53H,11,17H2,(H,54,55,56)(H,57,58,59)(H,60,61,62)(H,63,64,65)(H,66,67,68)(H,69,70,71)(H2,42,44,46,48,50)(H2,43,45,47,49,51)/b7-3-,52-41?. The third-order valence-electron chi connectivity index (χ3n) is 9.72. The number of rotatable bonds is 19. The van der Waals surface area contributed by atoms with Crippen molar-refractivity contribution in [1.82, 2.24) is 29.9 Å². The number of anilines is 8. The molecule has 39 heteroatoms. The Labute approximate surface area is 443 Å². The molecule has 0 amide bonds. The first-order valence-corrected chi connectivity index (χ1v) is 29.7. The predicted molar refractivity (Wildman–Crippen MR) is 270 cm³/mol. The second kappa shape index (κ2) is 21.6. The van der Waals surface area contributed by atoms with Gasteiger partial charge in [0.25, 0.3) is 60.7 Å². The zero-order valence-electron chi connectivity index (χ0n) is 37.4. The van der Waals surface area contributed by atoms with Gasteiger partial charge in [-0.25, -0.2) is 0 Å². The van der Waals surface area contributed by atoms with Crippen molar-refractivity contribution in [2.75, 3.05) is 27.8 Å². The van der Waals surface area contributed by atoms with Crippen molar-refractivity contribution >= 4 is 153 Å². The average Bonchev–Trinajstić information content (AvgIpc) is 3.29. The average molecular weight is 1220 g/mol. The number of halogens is 2. The highest BCUT2D eigenvalue weighted by molar-refractivity contribution is 7.87. The van der Waals surface area contributed by atoms with Gasteiger partial charge < -0.3 is 26.4 Å². The molecule has 0 saturated heterocycles. The summed E-state index contributed by atoms with van der Waals surface area (Å²) in [7, 11) is -29.9. The van der Waals surface area contributed by atoms with Gasteiger partial charge in [-0.2, -0.15) is 90.6 Å². The maximum Gasteiger partial charge on any atom is 0.296 e. The minimum Gasteiger partial charge on any atom is -0.505 e. The lowest BCUT2D eigenvalue weighted by atomic mass is 10.1. The van der Waals surface area contributed by atoms with E-state index in [-0.39, 0.29) is 22.9 Å². The van der Waals surface area contributed by atoms with Crippen LogP contribution in [-0.4, -0.2) is 119 Å². The number of phenolic OH excluding ortho intramolecular Hbond substituents is 1. The second-order valence-electron chi connectivity index (χ2n) is 15.1. The molecule has 7 rings (SSSR count). The summed E-state index contributed by atoms with van der Waals surface area (Å²) in [4.78, 5) is 19.7. The van der Waals surface area contributed by atoms with E-state index in [1.165, 1.54) is 12.1 Å².